The highest BCUT2D eigenvalue weighted by Gasteiger charge is 2.06. The summed E-state index contributed by atoms with van der Waals surface area (Å²) in [5, 5.41) is 8.91. The number of aromatic nitrogens is 3. The molecule has 15 heavy (non-hydrogen) atoms. The number of aryl methyl sites for hydroxylation is 1. The minimum Gasteiger partial charge on any atom is -0.416 e. The molecule has 2 aromatic rings. The molecular formula is C9H10N4OS. The molecule has 0 atom stereocenters. The molecule has 0 aliphatic rings. The standard InChI is InChI=1S/C9H10N4OS/c1-6-12-13-9(14-6)15-8-4-2-3-7(5-10)11-8/h2-4H,5,10H2,1H3. The van der Waals surface area contributed by atoms with Crippen molar-refractivity contribution in [3.05, 3.63) is 29.8 Å². The van der Waals surface area contributed by atoms with Gasteiger partial charge in [0.05, 0.1) is 5.69 Å². The summed E-state index contributed by atoms with van der Waals surface area (Å²) < 4.78 is 5.23. The molecule has 0 bridgehead atoms. The largest absolute Gasteiger partial charge is 0.416 e. The molecule has 0 aromatic carbocycles. The highest BCUT2D eigenvalue weighted by atomic mass is 32.2. The van der Waals surface area contributed by atoms with Gasteiger partial charge in [0, 0.05) is 13.5 Å². The summed E-state index contributed by atoms with van der Waals surface area (Å²) in [6, 6.07) is 5.66. The lowest BCUT2D eigenvalue weighted by Crippen LogP contribution is -1.99. The van der Waals surface area contributed by atoms with E-state index in [1.54, 1.807) is 6.92 Å². The van der Waals surface area contributed by atoms with Crippen LogP contribution in [0.5, 0.6) is 0 Å². The maximum Gasteiger partial charge on any atom is 0.282 e. The minimum absolute atomic E-state index is 0.428. The summed E-state index contributed by atoms with van der Waals surface area (Å²) in [6.07, 6.45) is 0. The minimum atomic E-state index is 0.428. The predicted molar refractivity (Wildman–Crippen MR) is 55.3 cm³/mol. The van der Waals surface area contributed by atoms with Crippen molar-refractivity contribution in [2.75, 3.05) is 0 Å². The van der Waals surface area contributed by atoms with Crippen LogP contribution in [0.3, 0.4) is 0 Å². The van der Waals surface area contributed by atoms with Gasteiger partial charge in [0.15, 0.2) is 0 Å². The van der Waals surface area contributed by atoms with E-state index in [0.717, 1.165) is 10.7 Å². The number of hydrogen-bond acceptors (Lipinski definition) is 6. The van der Waals surface area contributed by atoms with Gasteiger partial charge < -0.3 is 10.2 Å². The van der Waals surface area contributed by atoms with E-state index in [1.807, 2.05) is 18.2 Å². The van der Waals surface area contributed by atoms with E-state index in [9.17, 15) is 0 Å². The van der Waals surface area contributed by atoms with Crippen molar-refractivity contribution in [2.45, 2.75) is 23.7 Å². The van der Waals surface area contributed by atoms with Crippen LogP contribution in [0.4, 0.5) is 0 Å². The number of hydrogen-bond donors (Lipinski definition) is 1. The highest BCUT2D eigenvalue weighted by molar-refractivity contribution is 7.99. The van der Waals surface area contributed by atoms with Crippen molar-refractivity contribution >= 4 is 11.8 Å². The van der Waals surface area contributed by atoms with Crippen LogP contribution in [0, 0.1) is 6.92 Å². The SMILES string of the molecule is Cc1nnc(Sc2cccc(CN)n2)o1. The second kappa shape index (κ2) is 4.41. The van der Waals surface area contributed by atoms with Crippen molar-refractivity contribution in [1.82, 2.24) is 15.2 Å². The molecule has 0 spiro atoms. The molecule has 2 N–H and O–H groups in total. The molecule has 5 nitrogen and oxygen atoms in total. The fraction of sp³-hybridized carbons (Fsp3) is 0.222. The maximum absolute atomic E-state index is 5.49. The Morgan fingerprint density at radius 3 is 2.93 bits per heavy atom. The smallest absolute Gasteiger partial charge is 0.282 e. The molecule has 0 amide bonds. The van der Waals surface area contributed by atoms with Gasteiger partial charge in [-0.2, -0.15) is 0 Å². The second-order valence-electron chi connectivity index (χ2n) is 2.86. The summed E-state index contributed by atoms with van der Waals surface area (Å²) in [7, 11) is 0. The Labute approximate surface area is 91.1 Å². The normalized spacial score (nSPS) is 10.5. The summed E-state index contributed by atoms with van der Waals surface area (Å²) in [5.74, 6) is 0.549. The lowest BCUT2D eigenvalue weighted by atomic mass is 10.4. The first-order valence-corrected chi connectivity index (χ1v) is 5.23. The number of nitrogens with two attached hydrogens (primary N) is 1. The fourth-order valence-electron chi connectivity index (χ4n) is 1.04. The van der Waals surface area contributed by atoms with Crippen molar-refractivity contribution in [3.8, 4) is 0 Å². The van der Waals surface area contributed by atoms with Crippen LogP contribution in [0.1, 0.15) is 11.6 Å². The van der Waals surface area contributed by atoms with E-state index in [4.69, 9.17) is 10.2 Å². The van der Waals surface area contributed by atoms with Crippen molar-refractivity contribution < 1.29 is 4.42 Å². The number of pyridine rings is 1. The molecule has 0 fully saturated rings. The van der Waals surface area contributed by atoms with Gasteiger partial charge in [-0.1, -0.05) is 6.07 Å². The molecule has 2 heterocycles. The Hall–Kier alpha value is -1.40. The molecule has 0 saturated heterocycles. The quantitative estimate of drug-likeness (QED) is 0.845. The zero-order valence-electron chi connectivity index (χ0n) is 8.17. The van der Waals surface area contributed by atoms with Crippen LogP contribution in [0.25, 0.3) is 0 Å². The van der Waals surface area contributed by atoms with Crippen LogP contribution in [0.15, 0.2) is 32.9 Å². The average Bonchev–Trinajstić information content (AvgIpc) is 2.64. The molecule has 2 aromatic heterocycles. The maximum atomic E-state index is 5.49. The fourth-order valence-corrected chi connectivity index (χ4v) is 1.77. The predicted octanol–water partition coefficient (Wildman–Crippen LogP) is 1.38. The van der Waals surface area contributed by atoms with Gasteiger partial charge in [-0.15, -0.1) is 10.2 Å². The average molecular weight is 222 g/mol. The van der Waals surface area contributed by atoms with E-state index in [2.05, 4.69) is 15.2 Å². The zero-order valence-corrected chi connectivity index (χ0v) is 8.99. The van der Waals surface area contributed by atoms with Gasteiger partial charge in [-0.05, 0) is 23.9 Å². The van der Waals surface area contributed by atoms with E-state index >= 15 is 0 Å². The Bertz CT molecular complexity index is 457. The molecule has 0 aliphatic carbocycles. The van der Waals surface area contributed by atoms with Gasteiger partial charge in [-0.25, -0.2) is 4.98 Å². The Morgan fingerprint density at radius 1 is 1.40 bits per heavy atom. The van der Waals surface area contributed by atoms with E-state index in [0.29, 0.717) is 17.7 Å². The third-order valence-electron chi connectivity index (χ3n) is 1.69. The van der Waals surface area contributed by atoms with Gasteiger partial charge in [0.1, 0.15) is 5.03 Å². The van der Waals surface area contributed by atoms with E-state index in [-0.39, 0.29) is 0 Å². The lowest BCUT2D eigenvalue weighted by molar-refractivity contribution is 0.429. The first kappa shape index (κ1) is 10.1. The number of rotatable bonds is 3. The zero-order chi connectivity index (χ0) is 10.7. The highest BCUT2D eigenvalue weighted by Crippen LogP contribution is 2.24. The molecule has 78 valence electrons. The molecule has 6 heteroatoms. The lowest BCUT2D eigenvalue weighted by Gasteiger charge is -1.98. The van der Waals surface area contributed by atoms with E-state index < -0.39 is 0 Å². The molecular weight excluding hydrogens is 212 g/mol. The van der Waals surface area contributed by atoms with Crippen LogP contribution >= 0.6 is 11.8 Å². The van der Waals surface area contributed by atoms with Gasteiger partial charge >= 0.3 is 0 Å². The van der Waals surface area contributed by atoms with Crippen LogP contribution < -0.4 is 5.73 Å². The Morgan fingerprint density at radius 2 is 2.27 bits per heavy atom. The first-order chi connectivity index (χ1) is 7.28. The topological polar surface area (TPSA) is 77.8 Å². The van der Waals surface area contributed by atoms with Gasteiger partial charge in [0.2, 0.25) is 5.89 Å². The molecule has 0 aliphatic heterocycles. The Balaban J connectivity index is 2.16. The molecule has 0 unspecified atom stereocenters. The second-order valence-corrected chi connectivity index (χ2v) is 3.83. The van der Waals surface area contributed by atoms with Crippen LogP contribution in [-0.2, 0) is 6.54 Å². The van der Waals surface area contributed by atoms with Crippen molar-refractivity contribution in [1.29, 1.82) is 0 Å². The molecule has 2 rings (SSSR count). The third kappa shape index (κ3) is 2.54. The van der Waals surface area contributed by atoms with Crippen molar-refractivity contribution in [3.63, 3.8) is 0 Å². The van der Waals surface area contributed by atoms with Crippen LogP contribution in [-0.4, -0.2) is 15.2 Å². The summed E-state index contributed by atoms with van der Waals surface area (Å²) >= 11 is 1.33. The van der Waals surface area contributed by atoms with E-state index in [1.165, 1.54) is 11.8 Å². The summed E-state index contributed by atoms with van der Waals surface area (Å²) in [4.78, 5) is 4.31. The van der Waals surface area contributed by atoms with Gasteiger partial charge in [-0.3, -0.25) is 0 Å². The monoisotopic (exact) mass is 222 g/mol. The molecule has 0 radical (unpaired) electrons. The van der Waals surface area contributed by atoms with Gasteiger partial charge in [0.25, 0.3) is 5.22 Å². The summed E-state index contributed by atoms with van der Waals surface area (Å²) in [5.41, 5.74) is 6.34. The van der Waals surface area contributed by atoms with Crippen molar-refractivity contribution in [2.24, 2.45) is 5.73 Å². The molecule has 0 saturated carbocycles. The number of nitrogens with zero attached hydrogens (tertiary/aromatic N) is 3. The van der Waals surface area contributed by atoms with Crippen LogP contribution in [0.2, 0.25) is 0 Å². The summed E-state index contributed by atoms with van der Waals surface area (Å²) in [6.45, 7) is 2.18. The first-order valence-electron chi connectivity index (χ1n) is 4.42. The third-order valence-corrected chi connectivity index (χ3v) is 2.47. The Kier molecular flexibility index (Phi) is 2.98.